The quantitative estimate of drug-likeness (QED) is 0.814. The van der Waals surface area contributed by atoms with Gasteiger partial charge in [0.25, 0.3) is 5.91 Å². The van der Waals surface area contributed by atoms with Crippen LogP contribution in [0.25, 0.3) is 0 Å². The third kappa shape index (κ3) is 3.47. The normalized spacial score (nSPS) is 15.9. The van der Waals surface area contributed by atoms with Crippen LogP contribution in [0, 0.1) is 20.8 Å². The van der Waals surface area contributed by atoms with Gasteiger partial charge < -0.3 is 4.90 Å². The van der Waals surface area contributed by atoms with Crippen molar-refractivity contribution in [3.63, 3.8) is 0 Å². The summed E-state index contributed by atoms with van der Waals surface area (Å²) in [5.41, 5.74) is 2.81. The number of aromatic nitrogens is 2. The minimum absolute atomic E-state index is 0.224. The predicted octanol–water partition coefficient (Wildman–Crippen LogP) is 1.55. The number of piperazine rings is 1. The van der Waals surface area contributed by atoms with Crippen molar-refractivity contribution in [3.05, 3.63) is 53.1 Å². The van der Waals surface area contributed by atoms with Crippen LogP contribution in [0.1, 0.15) is 27.2 Å². The van der Waals surface area contributed by atoms with E-state index in [1.54, 1.807) is 4.90 Å². The summed E-state index contributed by atoms with van der Waals surface area (Å²) in [6, 6.07) is 3.77. The van der Waals surface area contributed by atoms with Crippen molar-refractivity contribution in [1.82, 2.24) is 19.2 Å². The molecule has 0 spiro atoms. The molecule has 0 saturated carbocycles. The lowest BCUT2D eigenvalue weighted by molar-refractivity contribution is 0.0691. The Kier molecular flexibility index (Phi) is 5.06. The number of benzene rings is 1. The number of sulfonamides is 1. The molecule has 8 heteroatoms. The van der Waals surface area contributed by atoms with E-state index in [0.29, 0.717) is 18.0 Å². The molecule has 1 amide bonds. The summed E-state index contributed by atoms with van der Waals surface area (Å²) >= 11 is 0. The summed E-state index contributed by atoms with van der Waals surface area (Å²) in [6.45, 7) is 6.79. The molecule has 0 aliphatic carbocycles. The number of hydrogen-bond donors (Lipinski definition) is 0. The molecule has 1 aliphatic rings. The van der Waals surface area contributed by atoms with E-state index < -0.39 is 10.0 Å². The number of hydrogen-bond acceptors (Lipinski definition) is 5. The molecular weight excluding hydrogens is 352 g/mol. The van der Waals surface area contributed by atoms with Gasteiger partial charge in [-0.1, -0.05) is 17.7 Å². The van der Waals surface area contributed by atoms with E-state index in [0.717, 1.165) is 16.7 Å². The number of amides is 1. The molecule has 1 aliphatic heterocycles. The molecule has 0 N–H and O–H groups in total. The summed E-state index contributed by atoms with van der Waals surface area (Å²) in [4.78, 5) is 22.3. The molecule has 138 valence electrons. The van der Waals surface area contributed by atoms with E-state index in [2.05, 4.69) is 9.97 Å². The minimum atomic E-state index is -3.59. The molecular formula is C18H22N4O3S. The molecule has 0 unspecified atom stereocenters. The summed E-state index contributed by atoms with van der Waals surface area (Å²) in [6.07, 6.45) is 4.40. The lowest BCUT2D eigenvalue weighted by Gasteiger charge is -2.34. The fourth-order valence-electron chi connectivity index (χ4n) is 3.41. The number of rotatable bonds is 3. The highest BCUT2D eigenvalue weighted by molar-refractivity contribution is 7.89. The molecule has 2 heterocycles. The molecule has 3 rings (SSSR count). The van der Waals surface area contributed by atoms with E-state index in [-0.39, 0.29) is 24.7 Å². The average Bonchev–Trinajstić information content (AvgIpc) is 2.61. The van der Waals surface area contributed by atoms with Crippen molar-refractivity contribution in [3.8, 4) is 0 Å². The third-order valence-electron chi connectivity index (χ3n) is 4.51. The molecule has 0 atom stereocenters. The maximum Gasteiger partial charge on any atom is 0.274 e. The van der Waals surface area contributed by atoms with Crippen molar-refractivity contribution < 1.29 is 13.2 Å². The molecule has 0 bridgehead atoms. The summed E-state index contributed by atoms with van der Waals surface area (Å²) < 4.78 is 27.6. The van der Waals surface area contributed by atoms with Crippen LogP contribution in [0.2, 0.25) is 0 Å². The van der Waals surface area contributed by atoms with Crippen LogP contribution >= 0.6 is 0 Å². The van der Waals surface area contributed by atoms with Gasteiger partial charge in [-0.2, -0.15) is 4.31 Å². The zero-order valence-corrected chi connectivity index (χ0v) is 16.0. The predicted molar refractivity (Wildman–Crippen MR) is 97.3 cm³/mol. The Morgan fingerprint density at radius 2 is 1.62 bits per heavy atom. The van der Waals surface area contributed by atoms with Crippen molar-refractivity contribution in [2.75, 3.05) is 26.2 Å². The second-order valence-electron chi connectivity index (χ2n) is 6.51. The average molecular weight is 374 g/mol. The van der Waals surface area contributed by atoms with Gasteiger partial charge in [-0.05, 0) is 31.9 Å². The number of carbonyl (C=O) groups is 1. The minimum Gasteiger partial charge on any atom is -0.335 e. The zero-order chi connectivity index (χ0) is 18.9. The van der Waals surface area contributed by atoms with Gasteiger partial charge in [0, 0.05) is 38.6 Å². The summed E-state index contributed by atoms with van der Waals surface area (Å²) in [5.74, 6) is -0.224. The Labute approximate surface area is 153 Å². The van der Waals surface area contributed by atoms with Crippen LogP contribution in [0.5, 0.6) is 0 Å². The van der Waals surface area contributed by atoms with E-state index in [4.69, 9.17) is 0 Å². The van der Waals surface area contributed by atoms with Crippen LogP contribution < -0.4 is 0 Å². The van der Waals surface area contributed by atoms with E-state index in [1.165, 1.54) is 22.9 Å². The lowest BCUT2D eigenvalue weighted by atomic mass is 10.1. The maximum absolute atomic E-state index is 13.1. The van der Waals surface area contributed by atoms with Crippen LogP contribution in [-0.2, 0) is 10.0 Å². The zero-order valence-electron chi connectivity index (χ0n) is 15.1. The monoisotopic (exact) mass is 374 g/mol. The SMILES string of the molecule is Cc1cc(C)c(S(=O)(=O)N2CCN(C(=O)c3cnccn3)CC2)c(C)c1. The van der Waals surface area contributed by atoms with Gasteiger partial charge in [-0.25, -0.2) is 13.4 Å². The van der Waals surface area contributed by atoms with Gasteiger partial charge in [0.2, 0.25) is 10.0 Å². The Morgan fingerprint density at radius 3 is 2.15 bits per heavy atom. The highest BCUT2D eigenvalue weighted by Crippen LogP contribution is 2.26. The first-order chi connectivity index (χ1) is 12.3. The standard InChI is InChI=1S/C18H22N4O3S/c1-13-10-14(2)17(15(3)11-13)26(24,25)22-8-6-21(7-9-22)18(23)16-12-19-4-5-20-16/h4-5,10-12H,6-9H2,1-3H3. The molecule has 1 saturated heterocycles. The highest BCUT2D eigenvalue weighted by atomic mass is 32.2. The molecule has 0 radical (unpaired) electrons. The topological polar surface area (TPSA) is 83.5 Å². The van der Waals surface area contributed by atoms with Crippen molar-refractivity contribution in [2.45, 2.75) is 25.7 Å². The van der Waals surface area contributed by atoms with Gasteiger partial charge in [0.15, 0.2) is 0 Å². The molecule has 1 aromatic heterocycles. The number of nitrogens with zero attached hydrogens (tertiary/aromatic N) is 4. The fraction of sp³-hybridized carbons (Fsp3) is 0.389. The third-order valence-corrected chi connectivity index (χ3v) is 6.72. The van der Waals surface area contributed by atoms with Crippen molar-refractivity contribution in [1.29, 1.82) is 0 Å². The van der Waals surface area contributed by atoms with Gasteiger partial charge in [0.1, 0.15) is 5.69 Å². The van der Waals surface area contributed by atoms with Gasteiger partial charge in [-0.15, -0.1) is 0 Å². The number of carbonyl (C=O) groups excluding carboxylic acids is 1. The maximum atomic E-state index is 13.1. The summed E-state index contributed by atoms with van der Waals surface area (Å²) in [5, 5.41) is 0. The van der Waals surface area contributed by atoms with Crippen LogP contribution in [0.3, 0.4) is 0 Å². The van der Waals surface area contributed by atoms with Crippen LogP contribution in [-0.4, -0.2) is 59.7 Å². The molecule has 26 heavy (non-hydrogen) atoms. The van der Waals surface area contributed by atoms with Crippen LogP contribution in [0.4, 0.5) is 0 Å². The van der Waals surface area contributed by atoms with Crippen LogP contribution in [0.15, 0.2) is 35.6 Å². The Balaban J connectivity index is 1.77. The lowest BCUT2D eigenvalue weighted by Crippen LogP contribution is -2.50. The Hall–Kier alpha value is -2.32. The fourth-order valence-corrected chi connectivity index (χ4v) is 5.24. The van der Waals surface area contributed by atoms with E-state index in [1.807, 2.05) is 32.9 Å². The Morgan fingerprint density at radius 1 is 1.00 bits per heavy atom. The van der Waals surface area contributed by atoms with Gasteiger partial charge in [-0.3, -0.25) is 9.78 Å². The molecule has 7 nitrogen and oxygen atoms in total. The smallest absolute Gasteiger partial charge is 0.274 e. The number of aryl methyl sites for hydroxylation is 3. The van der Waals surface area contributed by atoms with Crippen molar-refractivity contribution >= 4 is 15.9 Å². The van der Waals surface area contributed by atoms with E-state index >= 15 is 0 Å². The first-order valence-electron chi connectivity index (χ1n) is 8.44. The second-order valence-corrected chi connectivity index (χ2v) is 8.39. The van der Waals surface area contributed by atoms with E-state index in [9.17, 15) is 13.2 Å². The second kappa shape index (κ2) is 7.13. The van der Waals surface area contributed by atoms with Crippen molar-refractivity contribution in [2.24, 2.45) is 0 Å². The van der Waals surface area contributed by atoms with Gasteiger partial charge >= 0.3 is 0 Å². The largest absolute Gasteiger partial charge is 0.335 e. The van der Waals surface area contributed by atoms with Gasteiger partial charge in [0.05, 0.1) is 11.1 Å². The Bertz CT molecular complexity index is 898. The first kappa shape index (κ1) is 18.5. The molecule has 1 aromatic carbocycles. The molecule has 1 fully saturated rings. The first-order valence-corrected chi connectivity index (χ1v) is 9.88. The summed E-state index contributed by atoms with van der Waals surface area (Å²) in [7, 11) is -3.59. The highest BCUT2D eigenvalue weighted by Gasteiger charge is 2.32. The molecule has 2 aromatic rings.